The molecule has 1 aromatic rings. The Morgan fingerprint density at radius 1 is 1.04 bits per heavy atom. The molecule has 0 radical (unpaired) electrons. The highest BCUT2D eigenvalue weighted by Gasteiger charge is 2.34. The number of amides is 2. The molecule has 2 aliphatic heterocycles. The van der Waals surface area contributed by atoms with E-state index in [1.54, 1.807) is 18.7 Å². The fourth-order valence-electron chi connectivity index (χ4n) is 2.91. The van der Waals surface area contributed by atoms with Crippen LogP contribution in [0.25, 0.3) is 0 Å². The van der Waals surface area contributed by atoms with Crippen LogP contribution in [0.2, 0.25) is 0 Å². The molecule has 1 N–H and O–H groups in total. The third-order valence-corrected chi connectivity index (χ3v) is 6.45. The summed E-state index contributed by atoms with van der Waals surface area (Å²) in [6, 6.07) is -0.280. The van der Waals surface area contributed by atoms with Gasteiger partial charge in [0.1, 0.15) is 11.4 Å². The van der Waals surface area contributed by atoms with E-state index in [1.807, 2.05) is 0 Å². The normalized spacial score (nSPS) is 20.6. The maximum absolute atomic E-state index is 12.6. The molecule has 11 heteroatoms. The Hall–Kier alpha value is -1.69. The van der Waals surface area contributed by atoms with Crippen molar-refractivity contribution in [2.75, 3.05) is 57.8 Å². The van der Waals surface area contributed by atoms with Crippen molar-refractivity contribution in [2.24, 2.45) is 0 Å². The molecule has 25 heavy (non-hydrogen) atoms. The molecule has 1 aromatic heterocycles. The zero-order chi connectivity index (χ0) is 18.0. The Balaban J connectivity index is 1.57. The number of morpholine rings is 1. The van der Waals surface area contributed by atoms with Gasteiger partial charge in [-0.1, -0.05) is 5.16 Å². The highest BCUT2D eigenvalue weighted by atomic mass is 32.2. The standard InChI is InChI=1S/C14H23N5O5S/c1-11-13(12(2)24-16-11)15-14(20)17-3-5-18(6-4-17)25(21,22)19-7-9-23-10-8-19/h3-10H2,1-2H3,(H,15,20). The second-order valence-electron chi connectivity index (χ2n) is 6.03. The number of ether oxygens (including phenoxy) is 1. The zero-order valence-electron chi connectivity index (χ0n) is 14.4. The van der Waals surface area contributed by atoms with Gasteiger partial charge in [-0.2, -0.15) is 17.0 Å². The molecule has 0 atom stereocenters. The third kappa shape index (κ3) is 3.78. The van der Waals surface area contributed by atoms with Crippen molar-refractivity contribution in [3.8, 4) is 0 Å². The quantitative estimate of drug-likeness (QED) is 0.800. The van der Waals surface area contributed by atoms with E-state index in [0.717, 1.165) is 0 Å². The van der Waals surface area contributed by atoms with Crippen LogP contribution in [0, 0.1) is 13.8 Å². The Morgan fingerprint density at radius 3 is 2.20 bits per heavy atom. The van der Waals surface area contributed by atoms with Gasteiger partial charge in [-0.05, 0) is 13.8 Å². The number of hydrogen-bond acceptors (Lipinski definition) is 6. The molecule has 3 heterocycles. The number of piperazine rings is 1. The maximum atomic E-state index is 12.6. The van der Waals surface area contributed by atoms with Crippen LogP contribution in [0.5, 0.6) is 0 Å². The van der Waals surface area contributed by atoms with Crippen molar-refractivity contribution in [1.29, 1.82) is 0 Å². The summed E-state index contributed by atoms with van der Waals surface area (Å²) in [7, 11) is -3.49. The fraction of sp³-hybridized carbons (Fsp3) is 0.714. The van der Waals surface area contributed by atoms with E-state index in [9.17, 15) is 13.2 Å². The molecule has 2 saturated heterocycles. The van der Waals surface area contributed by atoms with E-state index >= 15 is 0 Å². The second kappa shape index (κ2) is 7.28. The molecule has 3 rings (SSSR count). The number of anilines is 1. The lowest BCUT2D eigenvalue weighted by Gasteiger charge is -2.37. The van der Waals surface area contributed by atoms with Crippen molar-refractivity contribution in [3.05, 3.63) is 11.5 Å². The second-order valence-corrected chi connectivity index (χ2v) is 7.96. The molecule has 2 aliphatic rings. The average molecular weight is 373 g/mol. The number of aryl methyl sites for hydroxylation is 2. The van der Waals surface area contributed by atoms with E-state index in [-0.39, 0.29) is 19.1 Å². The molecular formula is C14H23N5O5S. The number of carbonyl (C=O) groups is 1. The van der Waals surface area contributed by atoms with E-state index in [0.29, 0.717) is 56.5 Å². The van der Waals surface area contributed by atoms with Gasteiger partial charge in [0.25, 0.3) is 10.2 Å². The first-order valence-corrected chi connectivity index (χ1v) is 9.61. The molecule has 0 saturated carbocycles. The zero-order valence-corrected chi connectivity index (χ0v) is 15.2. The Labute approximate surface area is 146 Å². The highest BCUT2D eigenvalue weighted by molar-refractivity contribution is 7.86. The van der Waals surface area contributed by atoms with Crippen molar-refractivity contribution < 1.29 is 22.5 Å². The molecule has 0 spiro atoms. The predicted molar refractivity (Wildman–Crippen MR) is 89.5 cm³/mol. The smallest absolute Gasteiger partial charge is 0.322 e. The highest BCUT2D eigenvalue weighted by Crippen LogP contribution is 2.20. The first-order valence-electron chi connectivity index (χ1n) is 8.21. The average Bonchev–Trinajstić information content (AvgIpc) is 2.94. The van der Waals surface area contributed by atoms with E-state index in [4.69, 9.17) is 9.26 Å². The number of hydrogen-bond donors (Lipinski definition) is 1. The summed E-state index contributed by atoms with van der Waals surface area (Å²) in [6.07, 6.45) is 0. The summed E-state index contributed by atoms with van der Waals surface area (Å²) in [5, 5.41) is 6.58. The molecule has 10 nitrogen and oxygen atoms in total. The van der Waals surface area contributed by atoms with Crippen LogP contribution in [-0.2, 0) is 14.9 Å². The summed E-state index contributed by atoms with van der Waals surface area (Å²) >= 11 is 0. The van der Waals surface area contributed by atoms with Gasteiger partial charge in [0, 0.05) is 39.3 Å². The minimum absolute atomic E-state index is 0.273. The molecule has 2 fully saturated rings. The van der Waals surface area contributed by atoms with Gasteiger partial charge in [-0.3, -0.25) is 0 Å². The third-order valence-electron chi connectivity index (χ3n) is 4.41. The van der Waals surface area contributed by atoms with Crippen LogP contribution in [0.4, 0.5) is 10.5 Å². The Bertz CT molecular complexity index is 700. The number of rotatable bonds is 3. The SMILES string of the molecule is Cc1noc(C)c1NC(=O)N1CCN(S(=O)(=O)N2CCOCC2)CC1. The summed E-state index contributed by atoms with van der Waals surface area (Å²) in [5.41, 5.74) is 1.17. The summed E-state index contributed by atoms with van der Waals surface area (Å²) in [5.74, 6) is 0.541. The fourth-order valence-corrected chi connectivity index (χ4v) is 4.47. The van der Waals surface area contributed by atoms with Gasteiger partial charge in [-0.25, -0.2) is 4.79 Å². The van der Waals surface area contributed by atoms with E-state index in [2.05, 4.69) is 10.5 Å². The largest absolute Gasteiger partial charge is 0.379 e. The van der Waals surface area contributed by atoms with Gasteiger partial charge in [-0.15, -0.1) is 0 Å². The van der Waals surface area contributed by atoms with Crippen molar-refractivity contribution in [1.82, 2.24) is 18.7 Å². The van der Waals surface area contributed by atoms with Gasteiger partial charge in [0.15, 0.2) is 5.76 Å². The lowest BCUT2D eigenvalue weighted by molar-refractivity contribution is 0.0691. The molecular weight excluding hydrogens is 350 g/mol. The summed E-state index contributed by atoms with van der Waals surface area (Å²) in [6.45, 7) is 6.25. The van der Waals surface area contributed by atoms with Crippen molar-refractivity contribution in [3.63, 3.8) is 0 Å². The van der Waals surface area contributed by atoms with Gasteiger partial charge in [0.05, 0.1) is 13.2 Å². The van der Waals surface area contributed by atoms with Crippen LogP contribution in [-0.4, -0.2) is 85.6 Å². The van der Waals surface area contributed by atoms with Gasteiger partial charge < -0.3 is 19.5 Å². The lowest BCUT2D eigenvalue weighted by atomic mass is 10.3. The van der Waals surface area contributed by atoms with E-state index < -0.39 is 10.2 Å². The molecule has 0 unspecified atom stereocenters. The minimum Gasteiger partial charge on any atom is -0.379 e. The Kier molecular flexibility index (Phi) is 5.27. The summed E-state index contributed by atoms with van der Waals surface area (Å²) < 4.78 is 38.3. The summed E-state index contributed by atoms with van der Waals surface area (Å²) in [4.78, 5) is 14.0. The maximum Gasteiger partial charge on any atom is 0.322 e. The molecule has 0 bridgehead atoms. The number of aromatic nitrogens is 1. The molecule has 0 aliphatic carbocycles. The lowest BCUT2D eigenvalue weighted by Crippen LogP contribution is -2.56. The number of nitrogens with one attached hydrogen (secondary N) is 1. The molecule has 2 amide bonds. The molecule has 0 aromatic carbocycles. The minimum atomic E-state index is -3.49. The number of urea groups is 1. The van der Waals surface area contributed by atoms with Crippen molar-refractivity contribution >= 4 is 21.9 Å². The van der Waals surface area contributed by atoms with Gasteiger partial charge >= 0.3 is 6.03 Å². The number of nitrogens with zero attached hydrogens (tertiary/aromatic N) is 4. The first-order chi connectivity index (χ1) is 11.9. The number of carbonyl (C=O) groups excluding carboxylic acids is 1. The van der Waals surface area contributed by atoms with Crippen LogP contribution in [0.3, 0.4) is 0 Å². The van der Waals surface area contributed by atoms with E-state index in [1.165, 1.54) is 8.61 Å². The topological polar surface area (TPSA) is 108 Å². The van der Waals surface area contributed by atoms with Crippen LogP contribution >= 0.6 is 0 Å². The van der Waals surface area contributed by atoms with Crippen molar-refractivity contribution in [2.45, 2.75) is 13.8 Å². The van der Waals surface area contributed by atoms with Crippen LogP contribution in [0.15, 0.2) is 4.52 Å². The molecule has 140 valence electrons. The monoisotopic (exact) mass is 373 g/mol. The van der Waals surface area contributed by atoms with Crippen LogP contribution < -0.4 is 5.32 Å². The Morgan fingerprint density at radius 2 is 1.64 bits per heavy atom. The van der Waals surface area contributed by atoms with Gasteiger partial charge in [0.2, 0.25) is 0 Å². The van der Waals surface area contributed by atoms with Crippen LogP contribution in [0.1, 0.15) is 11.5 Å². The predicted octanol–water partition coefficient (Wildman–Crippen LogP) is 0.0179. The first kappa shape index (κ1) is 18.1.